The van der Waals surface area contributed by atoms with Crippen LogP contribution in [0.3, 0.4) is 0 Å². The van der Waals surface area contributed by atoms with Crippen molar-refractivity contribution in [3.05, 3.63) is 41.3 Å². The molecule has 0 aliphatic carbocycles. The molecular weight excluding hydrogens is 225 g/mol. The minimum Gasteiger partial charge on any atom is -0.507 e. The first kappa shape index (κ1) is 11.1. The zero-order chi connectivity index (χ0) is 12.4. The number of aryl methyl sites for hydroxylation is 1. The molecule has 0 fully saturated rings. The van der Waals surface area contributed by atoms with Gasteiger partial charge in [-0.15, -0.1) is 0 Å². The number of halogens is 1. The SMILES string of the molecule is Cc1cn[nH]c1NC(=O)c1c(O)cccc1F. The molecule has 0 unspecified atom stereocenters. The van der Waals surface area contributed by atoms with Crippen molar-refractivity contribution >= 4 is 11.7 Å². The van der Waals surface area contributed by atoms with Crippen molar-refractivity contribution in [1.82, 2.24) is 10.2 Å². The fourth-order valence-corrected chi connectivity index (χ4v) is 1.39. The summed E-state index contributed by atoms with van der Waals surface area (Å²) in [6, 6.07) is 3.68. The van der Waals surface area contributed by atoms with Crippen LogP contribution in [0.15, 0.2) is 24.4 Å². The number of carbonyl (C=O) groups excluding carboxylic acids is 1. The topological polar surface area (TPSA) is 78.0 Å². The van der Waals surface area contributed by atoms with Crippen LogP contribution in [0.4, 0.5) is 10.2 Å². The van der Waals surface area contributed by atoms with Crippen LogP contribution in [-0.4, -0.2) is 21.2 Å². The first-order chi connectivity index (χ1) is 8.09. The number of rotatable bonds is 2. The zero-order valence-corrected chi connectivity index (χ0v) is 8.99. The lowest BCUT2D eigenvalue weighted by atomic mass is 10.1. The predicted molar refractivity (Wildman–Crippen MR) is 59.3 cm³/mol. The lowest BCUT2D eigenvalue weighted by Gasteiger charge is -2.06. The maximum Gasteiger partial charge on any atom is 0.263 e. The number of nitrogens with zero attached hydrogens (tertiary/aromatic N) is 1. The summed E-state index contributed by atoms with van der Waals surface area (Å²) in [7, 11) is 0. The van der Waals surface area contributed by atoms with Gasteiger partial charge >= 0.3 is 0 Å². The van der Waals surface area contributed by atoms with Gasteiger partial charge in [0.1, 0.15) is 22.9 Å². The number of aromatic amines is 1. The molecule has 0 saturated heterocycles. The lowest BCUT2D eigenvalue weighted by Crippen LogP contribution is -2.14. The molecule has 0 saturated carbocycles. The Hall–Kier alpha value is -2.37. The van der Waals surface area contributed by atoms with Gasteiger partial charge in [-0.1, -0.05) is 6.07 Å². The van der Waals surface area contributed by atoms with E-state index in [1.165, 1.54) is 18.3 Å². The number of carbonyl (C=O) groups is 1. The van der Waals surface area contributed by atoms with Gasteiger partial charge in [0.15, 0.2) is 0 Å². The van der Waals surface area contributed by atoms with Crippen LogP contribution >= 0.6 is 0 Å². The van der Waals surface area contributed by atoms with Crippen molar-refractivity contribution in [2.24, 2.45) is 0 Å². The van der Waals surface area contributed by atoms with Gasteiger partial charge in [0.2, 0.25) is 0 Å². The van der Waals surface area contributed by atoms with E-state index < -0.39 is 17.5 Å². The van der Waals surface area contributed by atoms with Crippen molar-refractivity contribution in [1.29, 1.82) is 0 Å². The Morgan fingerprint density at radius 1 is 1.53 bits per heavy atom. The molecule has 1 aromatic heterocycles. The molecule has 1 amide bonds. The van der Waals surface area contributed by atoms with Crippen molar-refractivity contribution in [3.63, 3.8) is 0 Å². The number of benzene rings is 1. The molecule has 1 aromatic carbocycles. The van der Waals surface area contributed by atoms with Crippen LogP contribution in [0, 0.1) is 12.7 Å². The summed E-state index contributed by atoms with van der Waals surface area (Å²) in [5.74, 6) is -1.54. The third-order valence-electron chi connectivity index (χ3n) is 2.29. The fourth-order valence-electron chi connectivity index (χ4n) is 1.39. The minimum atomic E-state index is -0.778. The van der Waals surface area contributed by atoms with Crippen LogP contribution in [0.5, 0.6) is 5.75 Å². The molecular formula is C11H10FN3O2. The lowest BCUT2D eigenvalue weighted by molar-refractivity contribution is 0.102. The quantitative estimate of drug-likeness (QED) is 0.742. The molecule has 88 valence electrons. The van der Waals surface area contributed by atoms with E-state index in [9.17, 15) is 14.3 Å². The summed E-state index contributed by atoms with van der Waals surface area (Å²) in [6.45, 7) is 1.74. The van der Waals surface area contributed by atoms with Gasteiger partial charge in [0.25, 0.3) is 5.91 Å². The number of hydrogen-bond donors (Lipinski definition) is 3. The highest BCUT2D eigenvalue weighted by Gasteiger charge is 2.17. The highest BCUT2D eigenvalue weighted by Crippen LogP contribution is 2.21. The second-order valence-corrected chi connectivity index (χ2v) is 3.52. The first-order valence-corrected chi connectivity index (χ1v) is 4.88. The summed E-state index contributed by atoms with van der Waals surface area (Å²) < 4.78 is 13.4. The van der Waals surface area contributed by atoms with Crippen molar-refractivity contribution in [2.75, 3.05) is 5.32 Å². The Morgan fingerprint density at radius 2 is 2.29 bits per heavy atom. The highest BCUT2D eigenvalue weighted by molar-refractivity contribution is 6.06. The Kier molecular flexibility index (Phi) is 2.78. The number of nitrogens with one attached hydrogen (secondary N) is 2. The molecule has 0 radical (unpaired) electrons. The number of aromatic nitrogens is 2. The monoisotopic (exact) mass is 235 g/mol. The molecule has 2 rings (SSSR count). The summed E-state index contributed by atoms with van der Waals surface area (Å²) in [5.41, 5.74) is 0.329. The van der Waals surface area contributed by atoms with Gasteiger partial charge in [-0.25, -0.2) is 4.39 Å². The molecule has 1 heterocycles. The first-order valence-electron chi connectivity index (χ1n) is 4.88. The van der Waals surface area contributed by atoms with Gasteiger partial charge in [-0.05, 0) is 19.1 Å². The number of amides is 1. The van der Waals surface area contributed by atoms with Crippen LogP contribution in [0.25, 0.3) is 0 Å². The average molecular weight is 235 g/mol. The Labute approximate surface area is 96.3 Å². The Balaban J connectivity index is 2.30. The molecule has 0 aliphatic heterocycles. The number of phenols is 1. The van der Waals surface area contributed by atoms with E-state index in [-0.39, 0.29) is 5.56 Å². The predicted octanol–water partition coefficient (Wildman–Crippen LogP) is 1.82. The number of phenolic OH excluding ortho intramolecular Hbond substituents is 1. The molecule has 3 N–H and O–H groups in total. The summed E-state index contributed by atoms with van der Waals surface area (Å²) in [4.78, 5) is 11.7. The van der Waals surface area contributed by atoms with Gasteiger partial charge in [-0.3, -0.25) is 9.89 Å². The molecule has 0 spiro atoms. The van der Waals surface area contributed by atoms with Crippen LogP contribution in [0.2, 0.25) is 0 Å². The highest BCUT2D eigenvalue weighted by atomic mass is 19.1. The molecule has 5 nitrogen and oxygen atoms in total. The van der Waals surface area contributed by atoms with Gasteiger partial charge in [0.05, 0.1) is 6.20 Å². The molecule has 6 heteroatoms. The van der Waals surface area contributed by atoms with E-state index in [0.717, 1.165) is 6.07 Å². The summed E-state index contributed by atoms with van der Waals surface area (Å²) in [6.07, 6.45) is 1.52. The van der Waals surface area contributed by atoms with E-state index in [1.54, 1.807) is 6.92 Å². The van der Waals surface area contributed by atoms with Crippen molar-refractivity contribution < 1.29 is 14.3 Å². The third kappa shape index (κ3) is 2.10. The largest absolute Gasteiger partial charge is 0.507 e. The van der Waals surface area contributed by atoms with E-state index in [2.05, 4.69) is 15.5 Å². The fraction of sp³-hybridized carbons (Fsp3) is 0.0909. The molecule has 0 bridgehead atoms. The van der Waals surface area contributed by atoms with Gasteiger partial charge in [0, 0.05) is 5.56 Å². The van der Waals surface area contributed by atoms with Crippen molar-refractivity contribution in [3.8, 4) is 5.75 Å². The summed E-state index contributed by atoms with van der Waals surface area (Å²) in [5, 5.41) is 18.1. The zero-order valence-electron chi connectivity index (χ0n) is 8.99. The second kappa shape index (κ2) is 4.25. The van der Waals surface area contributed by atoms with Crippen molar-refractivity contribution in [2.45, 2.75) is 6.92 Å². The standard InChI is InChI=1S/C11H10FN3O2/c1-6-5-13-15-10(6)14-11(17)9-7(12)3-2-4-8(9)16/h2-5,16H,1H3,(H2,13,14,15,17). The molecule has 17 heavy (non-hydrogen) atoms. The third-order valence-corrected chi connectivity index (χ3v) is 2.29. The Morgan fingerprint density at radius 3 is 2.88 bits per heavy atom. The van der Waals surface area contributed by atoms with E-state index >= 15 is 0 Å². The normalized spacial score (nSPS) is 10.2. The number of anilines is 1. The Bertz CT molecular complexity index is 545. The number of aromatic hydroxyl groups is 1. The number of hydrogen-bond acceptors (Lipinski definition) is 3. The van der Waals surface area contributed by atoms with Crippen LogP contribution in [-0.2, 0) is 0 Å². The molecule has 0 atom stereocenters. The molecule has 0 aliphatic rings. The maximum absolute atomic E-state index is 13.4. The van der Waals surface area contributed by atoms with Gasteiger partial charge in [-0.2, -0.15) is 5.10 Å². The van der Waals surface area contributed by atoms with Crippen LogP contribution in [0.1, 0.15) is 15.9 Å². The van der Waals surface area contributed by atoms with Gasteiger partial charge < -0.3 is 10.4 Å². The van der Waals surface area contributed by atoms with E-state index in [1.807, 2.05) is 0 Å². The average Bonchev–Trinajstić information content (AvgIpc) is 2.64. The smallest absolute Gasteiger partial charge is 0.263 e. The number of H-pyrrole nitrogens is 1. The van der Waals surface area contributed by atoms with E-state index in [0.29, 0.717) is 11.4 Å². The summed E-state index contributed by atoms with van der Waals surface area (Å²) >= 11 is 0. The maximum atomic E-state index is 13.4. The van der Waals surface area contributed by atoms with E-state index in [4.69, 9.17) is 0 Å². The molecule has 2 aromatic rings. The minimum absolute atomic E-state index is 0.373. The van der Waals surface area contributed by atoms with Crippen LogP contribution < -0.4 is 5.32 Å². The second-order valence-electron chi connectivity index (χ2n) is 3.52.